The zero-order valence-electron chi connectivity index (χ0n) is 13.8. The summed E-state index contributed by atoms with van der Waals surface area (Å²) in [5.41, 5.74) is 0.750. The average molecular weight is 353 g/mol. The maximum atomic E-state index is 11.6. The quantitative estimate of drug-likeness (QED) is 0.659. The third kappa shape index (κ3) is 4.45. The second kappa shape index (κ2) is 7.48. The second-order valence-electron chi connectivity index (χ2n) is 6.04. The standard InChI is InChI=1S/C17H23NO5S/c1-12(19)9-10-18(11-13(2)20)16-7-8-17(24(21,22)23)15-6-4-3-5-14(15)16/h3-8,12-13,19-20H,9-11H2,1-2H3,(H,21,22,23). The molecule has 0 aliphatic heterocycles. The van der Waals surface area contributed by atoms with E-state index in [1.54, 1.807) is 44.2 Å². The minimum Gasteiger partial charge on any atom is -0.393 e. The predicted molar refractivity (Wildman–Crippen MR) is 94.0 cm³/mol. The summed E-state index contributed by atoms with van der Waals surface area (Å²) in [7, 11) is -4.33. The molecule has 0 radical (unpaired) electrons. The lowest BCUT2D eigenvalue weighted by atomic mass is 10.1. The van der Waals surface area contributed by atoms with E-state index in [0.29, 0.717) is 30.3 Å². The first-order chi connectivity index (χ1) is 11.2. The molecule has 2 unspecified atom stereocenters. The normalized spacial score (nSPS) is 14.5. The Bertz CT molecular complexity index is 802. The van der Waals surface area contributed by atoms with E-state index >= 15 is 0 Å². The fourth-order valence-corrected chi connectivity index (χ4v) is 3.42. The molecule has 0 heterocycles. The molecule has 0 aliphatic carbocycles. The van der Waals surface area contributed by atoms with Crippen LogP contribution in [0.5, 0.6) is 0 Å². The van der Waals surface area contributed by atoms with Gasteiger partial charge in [0.05, 0.1) is 12.2 Å². The Kier molecular flexibility index (Phi) is 5.82. The first kappa shape index (κ1) is 18.7. The molecule has 0 saturated heterocycles. The van der Waals surface area contributed by atoms with Gasteiger partial charge in [0.1, 0.15) is 4.90 Å². The Morgan fingerprint density at radius 3 is 2.17 bits per heavy atom. The molecule has 0 saturated carbocycles. The predicted octanol–water partition coefficient (Wildman–Crippen LogP) is 2.04. The highest BCUT2D eigenvalue weighted by Gasteiger charge is 2.19. The van der Waals surface area contributed by atoms with Crippen LogP contribution in [-0.4, -0.2) is 48.5 Å². The second-order valence-corrected chi connectivity index (χ2v) is 7.43. The number of aliphatic hydroxyl groups is 2. The molecule has 0 fully saturated rings. The van der Waals surface area contributed by atoms with Crippen molar-refractivity contribution in [1.82, 2.24) is 0 Å². The van der Waals surface area contributed by atoms with Crippen LogP contribution in [0.4, 0.5) is 5.69 Å². The van der Waals surface area contributed by atoms with Gasteiger partial charge in [0.2, 0.25) is 0 Å². The molecule has 2 aromatic carbocycles. The summed E-state index contributed by atoms with van der Waals surface area (Å²) in [6, 6.07) is 9.89. The number of fused-ring (bicyclic) bond motifs is 1. The zero-order chi connectivity index (χ0) is 17.9. The Hall–Kier alpha value is -1.67. The van der Waals surface area contributed by atoms with Gasteiger partial charge < -0.3 is 15.1 Å². The van der Waals surface area contributed by atoms with E-state index in [-0.39, 0.29) is 4.90 Å². The number of rotatable bonds is 7. The van der Waals surface area contributed by atoms with E-state index in [4.69, 9.17) is 0 Å². The van der Waals surface area contributed by atoms with E-state index < -0.39 is 22.3 Å². The number of hydrogen-bond donors (Lipinski definition) is 3. The van der Waals surface area contributed by atoms with E-state index in [0.717, 1.165) is 5.69 Å². The summed E-state index contributed by atoms with van der Waals surface area (Å²) in [6.45, 7) is 4.23. The molecular formula is C17H23NO5S. The van der Waals surface area contributed by atoms with Crippen LogP contribution in [-0.2, 0) is 10.1 Å². The van der Waals surface area contributed by atoms with Gasteiger partial charge in [-0.2, -0.15) is 8.42 Å². The fourth-order valence-electron chi connectivity index (χ4n) is 2.73. The van der Waals surface area contributed by atoms with Crippen LogP contribution >= 0.6 is 0 Å². The van der Waals surface area contributed by atoms with Crippen molar-refractivity contribution in [2.45, 2.75) is 37.4 Å². The lowest BCUT2D eigenvalue weighted by Crippen LogP contribution is -2.33. The molecule has 0 amide bonds. The van der Waals surface area contributed by atoms with Crippen molar-refractivity contribution in [2.24, 2.45) is 0 Å². The Labute approximate surface area is 142 Å². The van der Waals surface area contributed by atoms with Gasteiger partial charge in [-0.15, -0.1) is 0 Å². The van der Waals surface area contributed by atoms with Gasteiger partial charge >= 0.3 is 0 Å². The van der Waals surface area contributed by atoms with Gasteiger partial charge in [0.25, 0.3) is 10.1 Å². The van der Waals surface area contributed by atoms with E-state index in [2.05, 4.69) is 0 Å². The number of benzene rings is 2. The topological polar surface area (TPSA) is 98.1 Å². The van der Waals surface area contributed by atoms with Crippen LogP contribution < -0.4 is 4.90 Å². The van der Waals surface area contributed by atoms with Gasteiger partial charge in [-0.05, 0) is 32.4 Å². The molecule has 0 bridgehead atoms. The minimum atomic E-state index is -4.33. The van der Waals surface area contributed by atoms with Gasteiger partial charge in [-0.3, -0.25) is 4.55 Å². The molecule has 2 rings (SSSR count). The van der Waals surface area contributed by atoms with Crippen LogP contribution in [0.25, 0.3) is 10.8 Å². The summed E-state index contributed by atoms with van der Waals surface area (Å²) in [5, 5.41) is 20.4. The summed E-state index contributed by atoms with van der Waals surface area (Å²) in [4.78, 5) is 1.77. The average Bonchev–Trinajstić information content (AvgIpc) is 2.49. The number of hydrogen-bond acceptors (Lipinski definition) is 5. The molecule has 0 aliphatic rings. The van der Waals surface area contributed by atoms with Crippen LogP contribution in [0.1, 0.15) is 20.3 Å². The van der Waals surface area contributed by atoms with Gasteiger partial charge in [0.15, 0.2) is 0 Å². The molecule has 2 aromatic rings. The van der Waals surface area contributed by atoms with Crippen molar-refractivity contribution >= 4 is 26.6 Å². The van der Waals surface area contributed by atoms with E-state index in [1.165, 1.54) is 6.07 Å². The van der Waals surface area contributed by atoms with Gasteiger partial charge in [-0.1, -0.05) is 24.3 Å². The summed E-state index contributed by atoms with van der Waals surface area (Å²) in [6.07, 6.45) is -0.551. The molecule has 132 valence electrons. The maximum absolute atomic E-state index is 11.6. The molecule has 0 spiro atoms. The van der Waals surface area contributed by atoms with Crippen molar-refractivity contribution in [1.29, 1.82) is 0 Å². The minimum absolute atomic E-state index is 0.144. The third-order valence-electron chi connectivity index (χ3n) is 3.78. The highest BCUT2D eigenvalue weighted by molar-refractivity contribution is 7.86. The summed E-state index contributed by atoms with van der Waals surface area (Å²) in [5.74, 6) is 0. The lowest BCUT2D eigenvalue weighted by molar-refractivity contribution is 0.178. The SMILES string of the molecule is CC(O)CCN(CC(C)O)c1ccc(S(=O)(=O)O)c2ccccc12. The largest absolute Gasteiger partial charge is 0.393 e. The zero-order valence-corrected chi connectivity index (χ0v) is 14.6. The monoisotopic (exact) mass is 353 g/mol. The van der Waals surface area contributed by atoms with Crippen LogP contribution in [0.3, 0.4) is 0 Å². The Morgan fingerprint density at radius 2 is 1.62 bits per heavy atom. The van der Waals surface area contributed by atoms with Crippen molar-refractivity contribution in [2.75, 3.05) is 18.0 Å². The maximum Gasteiger partial charge on any atom is 0.295 e. The third-order valence-corrected chi connectivity index (χ3v) is 4.69. The van der Waals surface area contributed by atoms with Crippen LogP contribution in [0.15, 0.2) is 41.3 Å². The molecule has 3 N–H and O–H groups in total. The Balaban J connectivity index is 2.57. The van der Waals surface area contributed by atoms with Crippen LogP contribution in [0.2, 0.25) is 0 Å². The van der Waals surface area contributed by atoms with Crippen molar-refractivity contribution in [3.63, 3.8) is 0 Å². The number of anilines is 1. The van der Waals surface area contributed by atoms with E-state index in [9.17, 15) is 23.2 Å². The smallest absolute Gasteiger partial charge is 0.295 e. The molecule has 2 atom stereocenters. The van der Waals surface area contributed by atoms with Gasteiger partial charge in [0, 0.05) is 29.5 Å². The summed E-state index contributed by atoms with van der Waals surface area (Å²) >= 11 is 0. The molecule has 24 heavy (non-hydrogen) atoms. The molecular weight excluding hydrogens is 330 g/mol. The van der Waals surface area contributed by atoms with Crippen molar-refractivity contribution in [3.05, 3.63) is 36.4 Å². The number of nitrogens with zero attached hydrogens (tertiary/aromatic N) is 1. The first-order valence-corrected chi connectivity index (χ1v) is 9.24. The molecule has 0 aromatic heterocycles. The fraction of sp³-hybridized carbons (Fsp3) is 0.412. The van der Waals surface area contributed by atoms with Gasteiger partial charge in [-0.25, -0.2) is 0 Å². The van der Waals surface area contributed by atoms with Crippen molar-refractivity contribution in [3.8, 4) is 0 Å². The number of aliphatic hydroxyl groups excluding tert-OH is 2. The van der Waals surface area contributed by atoms with Crippen molar-refractivity contribution < 1.29 is 23.2 Å². The Morgan fingerprint density at radius 1 is 1.00 bits per heavy atom. The first-order valence-electron chi connectivity index (χ1n) is 7.80. The molecule has 7 heteroatoms. The van der Waals surface area contributed by atoms with Crippen LogP contribution in [0, 0.1) is 0 Å². The molecule has 6 nitrogen and oxygen atoms in total. The lowest BCUT2D eigenvalue weighted by Gasteiger charge is -2.28. The highest BCUT2D eigenvalue weighted by Crippen LogP contribution is 2.32. The van der Waals surface area contributed by atoms with E-state index in [1.807, 2.05) is 4.90 Å². The summed E-state index contributed by atoms with van der Waals surface area (Å²) < 4.78 is 32.6. The highest BCUT2D eigenvalue weighted by atomic mass is 32.2.